The molecule has 2 saturated heterocycles. The fraction of sp³-hybridized carbons (Fsp3) is 0.611. The topological polar surface area (TPSA) is 115 Å². The third-order valence-electron chi connectivity index (χ3n) is 5.18. The van der Waals surface area contributed by atoms with E-state index in [1.165, 1.54) is 0 Å². The molecule has 2 aromatic rings. The summed E-state index contributed by atoms with van der Waals surface area (Å²) in [5.74, 6) is -0.0854. The van der Waals surface area contributed by atoms with Crippen LogP contribution < -0.4 is 15.5 Å². The van der Waals surface area contributed by atoms with E-state index in [0.717, 1.165) is 6.20 Å². The first-order chi connectivity index (χ1) is 14.7. The number of nitrogens with two attached hydrogens (primary N) is 1. The van der Waals surface area contributed by atoms with Crippen LogP contribution in [0.15, 0.2) is 6.20 Å². The number of morpholine rings is 2. The zero-order valence-corrected chi connectivity index (χ0v) is 17.1. The molecule has 0 aromatic carbocycles. The molecule has 31 heavy (non-hydrogen) atoms. The first-order valence-electron chi connectivity index (χ1n) is 9.89. The Hall–Kier alpha value is -2.80. The summed E-state index contributed by atoms with van der Waals surface area (Å²) in [5, 5.41) is 0. The second-order valence-corrected chi connectivity index (χ2v) is 7.48. The van der Waals surface area contributed by atoms with Crippen LogP contribution in [0.3, 0.4) is 0 Å². The smallest absolute Gasteiger partial charge is 0.377 e. The SMILES string of the molecule is C[C@H]1COCCN1c1nc(-c2cnc(N)nc2C(F)(F)F)nc(N2CCOC[C@@H]2C)n1. The van der Waals surface area contributed by atoms with E-state index >= 15 is 0 Å². The number of aromatic nitrogens is 5. The maximum absolute atomic E-state index is 13.7. The van der Waals surface area contributed by atoms with Crippen molar-refractivity contribution in [3.8, 4) is 11.4 Å². The second-order valence-electron chi connectivity index (χ2n) is 7.48. The second kappa shape index (κ2) is 8.38. The molecule has 0 aliphatic carbocycles. The first kappa shape index (κ1) is 21.4. The van der Waals surface area contributed by atoms with Crippen molar-refractivity contribution < 1.29 is 22.6 Å². The van der Waals surface area contributed by atoms with Crippen molar-refractivity contribution in [2.24, 2.45) is 0 Å². The third-order valence-corrected chi connectivity index (χ3v) is 5.18. The van der Waals surface area contributed by atoms with Gasteiger partial charge in [0, 0.05) is 19.3 Å². The minimum atomic E-state index is -4.75. The lowest BCUT2D eigenvalue weighted by Gasteiger charge is -2.36. The van der Waals surface area contributed by atoms with Crippen LogP contribution in [0.1, 0.15) is 19.5 Å². The maximum Gasteiger partial charge on any atom is 0.434 e. The van der Waals surface area contributed by atoms with Crippen molar-refractivity contribution >= 4 is 17.8 Å². The standard InChI is InChI=1S/C18H23F3N8O2/c1-10-8-30-5-3-28(10)16-25-14(12-7-23-15(22)24-13(12)18(19,20)21)26-17(27-16)29-4-6-31-9-11(29)2/h7,10-11H,3-6,8-9H2,1-2H3,(H2,22,23,24)/t10-,11-/m0/s1. The molecular formula is C18H23F3N8O2. The van der Waals surface area contributed by atoms with Crippen LogP contribution >= 0.6 is 0 Å². The van der Waals surface area contributed by atoms with E-state index in [1.54, 1.807) is 0 Å². The zero-order valence-electron chi connectivity index (χ0n) is 17.1. The number of ether oxygens (including phenoxy) is 2. The molecule has 4 rings (SSSR count). The lowest BCUT2D eigenvalue weighted by molar-refractivity contribution is -0.140. The average Bonchev–Trinajstić information content (AvgIpc) is 2.73. The summed E-state index contributed by atoms with van der Waals surface area (Å²) >= 11 is 0. The van der Waals surface area contributed by atoms with Crippen molar-refractivity contribution in [2.45, 2.75) is 32.1 Å². The van der Waals surface area contributed by atoms with Gasteiger partial charge >= 0.3 is 6.18 Å². The molecular weight excluding hydrogens is 417 g/mol. The molecule has 0 bridgehead atoms. The summed E-state index contributed by atoms with van der Waals surface area (Å²) in [7, 11) is 0. The Bertz CT molecular complexity index is 904. The molecule has 0 radical (unpaired) electrons. The molecule has 168 valence electrons. The molecule has 2 N–H and O–H groups in total. The quantitative estimate of drug-likeness (QED) is 0.750. The average molecular weight is 440 g/mol. The van der Waals surface area contributed by atoms with Crippen molar-refractivity contribution in [1.82, 2.24) is 24.9 Å². The summed E-state index contributed by atoms with van der Waals surface area (Å²) in [6.45, 7) is 6.74. The maximum atomic E-state index is 13.7. The van der Waals surface area contributed by atoms with E-state index < -0.39 is 17.8 Å². The molecule has 13 heteroatoms. The highest BCUT2D eigenvalue weighted by Crippen LogP contribution is 2.35. The molecule has 4 heterocycles. The summed E-state index contributed by atoms with van der Waals surface area (Å²) in [4.78, 5) is 24.3. The minimum absolute atomic E-state index is 0.0521. The predicted molar refractivity (Wildman–Crippen MR) is 106 cm³/mol. The predicted octanol–water partition coefficient (Wildman–Crippen LogP) is 1.38. The first-order valence-corrected chi connectivity index (χ1v) is 9.89. The van der Waals surface area contributed by atoms with Gasteiger partial charge in [-0.25, -0.2) is 9.97 Å². The highest BCUT2D eigenvalue weighted by molar-refractivity contribution is 5.62. The van der Waals surface area contributed by atoms with Gasteiger partial charge in [0.25, 0.3) is 0 Å². The molecule has 2 aromatic heterocycles. The molecule has 0 saturated carbocycles. The van der Waals surface area contributed by atoms with E-state index in [2.05, 4.69) is 24.9 Å². The Morgan fingerprint density at radius 2 is 1.48 bits per heavy atom. The van der Waals surface area contributed by atoms with Gasteiger partial charge in [-0.05, 0) is 13.8 Å². The molecule has 10 nitrogen and oxygen atoms in total. The fourth-order valence-corrected chi connectivity index (χ4v) is 3.55. The number of alkyl halides is 3. The van der Waals surface area contributed by atoms with Crippen molar-refractivity contribution in [1.29, 1.82) is 0 Å². The highest BCUT2D eigenvalue weighted by Gasteiger charge is 2.38. The number of rotatable bonds is 3. The van der Waals surface area contributed by atoms with Crippen LogP contribution in [-0.4, -0.2) is 76.5 Å². The summed E-state index contributed by atoms with van der Waals surface area (Å²) in [6.07, 6.45) is -3.75. The number of nitrogen functional groups attached to an aromatic ring is 1. The van der Waals surface area contributed by atoms with Crippen molar-refractivity contribution in [3.63, 3.8) is 0 Å². The Morgan fingerprint density at radius 3 is 1.97 bits per heavy atom. The van der Waals surface area contributed by atoms with E-state index in [1.807, 2.05) is 23.6 Å². The lowest BCUT2D eigenvalue weighted by Crippen LogP contribution is -2.46. The van der Waals surface area contributed by atoms with Crippen LogP contribution in [0.4, 0.5) is 31.0 Å². The Kier molecular flexibility index (Phi) is 5.79. The van der Waals surface area contributed by atoms with Gasteiger partial charge in [-0.1, -0.05) is 0 Å². The number of nitrogens with zero attached hydrogens (tertiary/aromatic N) is 7. The summed E-state index contributed by atoms with van der Waals surface area (Å²) in [6, 6.07) is -0.104. The van der Waals surface area contributed by atoms with Gasteiger partial charge in [0.1, 0.15) is 0 Å². The molecule has 0 amide bonds. The van der Waals surface area contributed by atoms with Crippen LogP contribution in [0.5, 0.6) is 0 Å². The largest absolute Gasteiger partial charge is 0.434 e. The van der Waals surface area contributed by atoms with Gasteiger partial charge in [0.2, 0.25) is 17.8 Å². The van der Waals surface area contributed by atoms with Crippen LogP contribution in [0.25, 0.3) is 11.4 Å². The van der Waals surface area contributed by atoms with E-state index in [4.69, 9.17) is 15.2 Å². The van der Waals surface area contributed by atoms with E-state index in [0.29, 0.717) is 39.5 Å². The minimum Gasteiger partial charge on any atom is -0.377 e. The highest BCUT2D eigenvalue weighted by atomic mass is 19.4. The molecule has 0 spiro atoms. The van der Waals surface area contributed by atoms with Crippen LogP contribution in [0.2, 0.25) is 0 Å². The Morgan fingerprint density at radius 1 is 0.935 bits per heavy atom. The molecule has 2 fully saturated rings. The van der Waals surface area contributed by atoms with Crippen molar-refractivity contribution in [2.75, 3.05) is 55.1 Å². The molecule has 2 aliphatic rings. The van der Waals surface area contributed by atoms with Crippen LogP contribution in [-0.2, 0) is 15.7 Å². The zero-order chi connectivity index (χ0) is 22.2. The van der Waals surface area contributed by atoms with E-state index in [9.17, 15) is 13.2 Å². The number of anilines is 3. The van der Waals surface area contributed by atoms with Crippen LogP contribution in [0, 0.1) is 0 Å². The van der Waals surface area contributed by atoms with E-state index in [-0.39, 0.29) is 35.4 Å². The number of hydrogen-bond acceptors (Lipinski definition) is 10. The summed E-state index contributed by atoms with van der Waals surface area (Å²) < 4.78 is 52.0. The normalized spacial score (nSPS) is 22.6. The summed E-state index contributed by atoms with van der Waals surface area (Å²) in [5.41, 5.74) is 3.87. The molecule has 2 aliphatic heterocycles. The number of hydrogen-bond donors (Lipinski definition) is 1. The lowest BCUT2D eigenvalue weighted by atomic mass is 10.2. The molecule has 2 atom stereocenters. The molecule has 0 unspecified atom stereocenters. The third kappa shape index (κ3) is 4.46. The monoisotopic (exact) mass is 440 g/mol. The number of halogens is 3. The van der Waals surface area contributed by atoms with Gasteiger partial charge < -0.3 is 25.0 Å². The van der Waals surface area contributed by atoms with Gasteiger partial charge in [-0.15, -0.1) is 0 Å². The van der Waals surface area contributed by atoms with Gasteiger partial charge in [0.15, 0.2) is 11.5 Å². The Balaban J connectivity index is 1.86. The fourth-order valence-electron chi connectivity index (χ4n) is 3.55. The Labute approximate surface area is 176 Å². The van der Waals surface area contributed by atoms with Gasteiger partial charge in [-0.2, -0.15) is 28.1 Å². The van der Waals surface area contributed by atoms with Gasteiger partial charge in [-0.3, -0.25) is 0 Å². The van der Waals surface area contributed by atoms with Crippen molar-refractivity contribution in [3.05, 3.63) is 11.9 Å². The van der Waals surface area contributed by atoms with Gasteiger partial charge in [0.05, 0.1) is 44.1 Å².